The highest BCUT2D eigenvalue weighted by molar-refractivity contribution is 6.04. The molecule has 0 aliphatic heterocycles. The lowest BCUT2D eigenvalue weighted by Crippen LogP contribution is -2.32. The zero-order chi connectivity index (χ0) is 13.3. The van der Waals surface area contributed by atoms with Crippen LogP contribution in [0.2, 0.25) is 0 Å². The Kier molecular flexibility index (Phi) is 3.55. The third-order valence-corrected chi connectivity index (χ3v) is 3.65. The predicted molar refractivity (Wildman–Crippen MR) is 70.0 cm³/mol. The summed E-state index contributed by atoms with van der Waals surface area (Å²) in [7, 11) is 0. The maximum atomic E-state index is 12.1. The summed E-state index contributed by atoms with van der Waals surface area (Å²) in [5.41, 5.74) is 3.03. The van der Waals surface area contributed by atoms with Crippen LogP contribution in [0.25, 0.3) is 0 Å². The highest BCUT2D eigenvalue weighted by Crippen LogP contribution is 2.26. The summed E-state index contributed by atoms with van der Waals surface area (Å²) in [6, 6.07) is 0.146. The minimum atomic E-state index is -0.107. The lowest BCUT2D eigenvalue weighted by Gasteiger charge is -2.11. The van der Waals surface area contributed by atoms with Crippen molar-refractivity contribution in [1.29, 1.82) is 0 Å². The van der Waals surface area contributed by atoms with E-state index in [0.29, 0.717) is 12.1 Å². The number of amides is 1. The molecule has 0 bridgehead atoms. The number of rotatable bonds is 3. The first-order valence-corrected chi connectivity index (χ1v) is 6.60. The zero-order valence-electron chi connectivity index (χ0n) is 11.2. The van der Waals surface area contributed by atoms with Crippen LogP contribution in [0.3, 0.4) is 0 Å². The van der Waals surface area contributed by atoms with Crippen molar-refractivity contribution in [1.82, 2.24) is 10.3 Å². The van der Waals surface area contributed by atoms with Gasteiger partial charge < -0.3 is 10.3 Å². The molecule has 0 radical (unpaired) electrons. The average Bonchev–Trinajstić information content (AvgIpc) is 2.68. The summed E-state index contributed by atoms with van der Waals surface area (Å²) in [5, 5.41) is 2.93. The third kappa shape index (κ3) is 2.19. The Morgan fingerprint density at radius 2 is 2.17 bits per heavy atom. The van der Waals surface area contributed by atoms with Crippen LogP contribution in [0, 0.1) is 6.92 Å². The number of Topliss-reactive ketones (excluding diaryl/α,β-unsaturated/α-hetero) is 1. The molecule has 1 unspecified atom stereocenters. The Bertz CT molecular complexity index is 488. The summed E-state index contributed by atoms with van der Waals surface area (Å²) >= 11 is 0. The van der Waals surface area contributed by atoms with Crippen molar-refractivity contribution in [3.05, 3.63) is 22.5 Å². The summed E-state index contributed by atoms with van der Waals surface area (Å²) in [4.78, 5) is 27.1. The summed E-state index contributed by atoms with van der Waals surface area (Å²) in [6.45, 7) is 5.85. The molecule has 0 aromatic carbocycles. The topological polar surface area (TPSA) is 62.0 Å². The molecule has 4 nitrogen and oxygen atoms in total. The van der Waals surface area contributed by atoms with Gasteiger partial charge in [0.1, 0.15) is 5.69 Å². The molecule has 2 N–H and O–H groups in total. The fourth-order valence-corrected chi connectivity index (χ4v) is 2.40. The molecule has 0 saturated carbocycles. The quantitative estimate of drug-likeness (QED) is 0.862. The molecular weight excluding hydrogens is 228 g/mol. The van der Waals surface area contributed by atoms with Gasteiger partial charge in [-0.1, -0.05) is 6.92 Å². The minimum Gasteiger partial charge on any atom is -0.354 e. The number of hydrogen-bond donors (Lipinski definition) is 2. The van der Waals surface area contributed by atoms with Crippen LogP contribution >= 0.6 is 0 Å². The van der Waals surface area contributed by atoms with Crippen LogP contribution < -0.4 is 5.32 Å². The average molecular weight is 248 g/mol. The van der Waals surface area contributed by atoms with E-state index in [0.717, 1.165) is 36.1 Å². The van der Waals surface area contributed by atoms with Crippen molar-refractivity contribution >= 4 is 11.7 Å². The van der Waals surface area contributed by atoms with Crippen molar-refractivity contribution in [3.63, 3.8) is 0 Å². The summed E-state index contributed by atoms with van der Waals surface area (Å²) in [5.74, 6) is 0.0524. The van der Waals surface area contributed by atoms with Gasteiger partial charge in [-0.3, -0.25) is 9.59 Å². The second kappa shape index (κ2) is 4.96. The number of carbonyl (C=O) groups is 2. The van der Waals surface area contributed by atoms with Gasteiger partial charge in [0.25, 0.3) is 5.91 Å². The van der Waals surface area contributed by atoms with Gasteiger partial charge in [-0.05, 0) is 38.7 Å². The van der Waals surface area contributed by atoms with Crippen LogP contribution in [0.4, 0.5) is 0 Å². The fourth-order valence-electron chi connectivity index (χ4n) is 2.40. The Morgan fingerprint density at radius 3 is 2.78 bits per heavy atom. The molecule has 0 spiro atoms. The Hall–Kier alpha value is -1.58. The Balaban J connectivity index is 2.30. The zero-order valence-corrected chi connectivity index (χ0v) is 11.2. The molecule has 2 rings (SSSR count). The largest absolute Gasteiger partial charge is 0.354 e. The number of carbonyl (C=O) groups excluding carboxylic acids is 2. The predicted octanol–water partition coefficient (Wildman–Crippen LogP) is 2.37. The molecule has 18 heavy (non-hydrogen) atoms. The second-order valence-corrected chi connectivity index (χ2v) is 5.04. The smallest absolute Gasteiger partial charge is 0.268 e. The van der Waals surface area contributed by atoms with E-state index in [1.807, 2.05) is 20.8 Å². The number of aromatic amines is 1. The SMILES string of the molecule is CCC(C)NC(=O)c1[nH]c2c(c1C)C(=O)CCC2. The van der Waals surface area contributed by atoms with Crippen LogP contribution in [0.5, 0.6) is 0 Å². The molecule has 1 aromatic rings. The van der Waals surface area contributed by atoms with E-state index in [1.165, 1.54) is 0 Å². The standard InChI is InChI=1S/C14H20N2O2/c1-4-8(2)15-14(18)13-9(3)12-10(16-13)6-5-7-11(12)17/h8,16H,4-7H2,1-3H3,(H,15,18). The number of nitrogens with one attached hydrogen (secondary N) is 2. The molecule has 1 aliphatic rings. The van der Waals surface area contributed by atoms with E-state index in [-0.39, 0.29) is 17.7 Å². The van der Waals surface area contributed by atoms with E-state index in [4.69, 9.17) is 0 Å². The van der Waals surface area contributed by atoms with Gasteiger partial charge >= 0.3 is 0 Å². The molecule has 1 amide bonds. The Morgan fingerprint density at radius 1 is 1.44 bits per heavy atom. The number of ketones is 1. The summed E-state index contributed by atoms with van der Waals surface area (Å²) < 4.78 is 0. The van der Waals surface area contributed by atoms with Crippen LogP contribution in [0.1, 0.15) is 65.2 Å². The lowest BCUT2D eigenvalue weighted by molar-refractivity contribution is 0.0933. The van der Waals surface area contributed by atoms with E-state index >= 15 is 0 Å². The Labute approximate surface area is 107 Å². The molecule has 1 aromatic heterocycles. The van der Waals surface area contributed by atoms with Gasteiger partial charge in [0.05, 0.1) is 0 Å². The second-order valence-electron chi connectivity index (χ2n) is 5.04. The number of hydrogen-bond acceptors (Lipinski definition) is 2. The van der Waals surface area contributed by atoms with E-state index in [2.05, 4.69) is 10.3 Å². The van der Waals surface area contributed by atoms with Gasteiger partial charge in [0.15, 0.2) is 5.78 Å². The van der Waals surface area contributed by atoms with Crippen molar-refractivity contribution in [2.45, 2.75) is 52.5 Å². The van der Waals surface area contributed by atoms with Crippen LogP contribution in [0.15, 0.2) is 0 Å². The van der Waals surface area contributed by atoms with Crippen molar-refractivity contribution in [3.8, 4) is 0 Å². The van der Waals surface area contributed by atoms with Crippen molar-refractivity contribution < 1.29 is 9.59 Å². The molecule has 0 fully saturated rings. The lowest BCUT2D eigenvalue weighted by atomic mass is 9.94. The molecule has 4 heteroatoms. The first-order valence-electron chi connectivity index (χ1n) is 6.60. The minimum absolute atomic E-state index is 0.107. The van der Waals surface area contributed by atoms with E-state index in [1.54, 1.807) is 0 Å². The third-order valence-electron chi connectivity index (χ3n) is 3.65. The molecular formula is C14H20N2O2. The monoisotopic (exact) mass is 248 g/mol. The number of aryl methyl sites for hydroxylation is 1. The van der Waals surface area contributed by atoms with Gasteiger partial charge in [-0.25, -0.2) is 0 Å². The van der Waals surface area contributed by atoms with E-state index in [9.17, 15) is 9.59 Å². The number of fused-ring (bicyclic) bond motifs is 1. The molecule has 1 heterocycles. The maximum absolute atomic E-state index is 12.1. The molecule has 98 valence electrons. The van der Waals surface area contributed by atoms with Gasteiger partial charge in [0, 0.05) is 23.7 Å². The molecule has 0 saturated heterocycles. The fraction of sp³-hybridized carbons (Fsp3) is 0.571. The van der Waals surface area contributed by atoms with E-state index < -0.39 is 0 Å². The van der Waals surface area contributed by atoms with Crippen LogP contribution in [-0.4, -0.2) is 22.7 Å². The highest BCUT2D eigenvalue weighted by atomic mass is 16.2. The summed E-state index contributed by atoms with van der Waals surface area (Å²) in [6.07, 6.45) is 3.22. The number of aromatic nitrogens is 1. The first kappa shape index (κ1) is 12.9. The van der Waals surface area contributed by atoms with Gasteiger partial charge in [-0.15, -0.1) is 0 Å². The van der Waals surface area contributed by atoms with Gasteiger partial charge in [0.2, 0.25) is 0 Å². The first-order chi connectivity index (χ1) is 8.54. The van der Waals surface area contributed by atoms with Crippen molar-refractivity contribution in [2.24, 2.45) is 0 Å². The number of H-pyrrole nitrogens is 1. The molecule has 1 aliphatic carbocycles. The van der Waals surface area contributed by atoms with Gasteiger partial charge in [-0.2, -0.15) is 0 Å². The normalized spacial score (nSPS) is 16.3. The highest BCUT2D eigenvalue weighted by Gasteiger charge is 2.26. The van der Waals surface area contributed by atoms with Crippen molar-refractivity contribution in [2.75, 3.05) is 0 Å². The van der Waals surface area contributed by atoms with Crippen LogP contribution in [-0.2, 0) is 6.42 Å². The molecule has 1 atom stereocenters. The maximum Gasteiger partial charge on any atom is 0.268 e.